The second-order valence-corrected chi connectivity index (χ2v) is 5.76. The molecule has 1 aliphatic carbocycles. The van der Waals surface area contributed by atoms with Gasteiger partial charge in [-0.1, -0.05) is 30.4 Å². The van der Waals surface area contributed by atoms with Crippen LogP contribution in [0.3, 0.4) is 0 Å². The monoisotopic (exact) mass is 295 g/mol. The maximum absolute atomic E-state index is 12.4. The van der Waals surface area contributed by atoms with Crippen LogP contribution in [0.2, 0.25) is 0 Å². The molecule has 3 rings (SSSR count). The molecule has 1 aromatic carbocycles. The summed E-state index contributed by atoms with van der Waals surface area (Å²) in [5.74, 6) is 0.173. The number of nitrogens with one attached hydrogen (secondary N) is 1. The molecule has 0 saturated carbocycles. The fourth-order valence-corrected chi connectivity index (χ4v) is 2.90. The molecule has 0 unspecified atom stereocenters. The summed E-state index contributed by atoms with van der Waals surface area (Å²) in [6.45, 7) is 3.92. The summed E-state index contributed by atoms with van der Waals surface area (Å²) < 4.78 is 1.88. The number of carbonyl (C=O) groups excluding carboxylic acids is 1. The Hall–Kier alpha value is -2.36. The van der Waals surface area contributed by atoms with E-state index in [2.05, 4.69) is 22.6 Å². The normalized spacial score (nSPS) is 17.5. The minimum Gasteiger partial charge on any atom is -0.323 e. The Labute approximate surface area is 130 Å². The molecule has 2 aromatic rings. The van der Waals surface area contributed by atoms with E-state index < -0.39 is 0 Å². The lowest BCUT2D eigenvalue weighted by atomic mass is 9.93. The summed E-state index contributed by atoms with van der Waals surface area (Å²) in [4.78, 5) is 12.4. The van der Waals surface area contributed by atoms with Crippen molar-refractivity contribution in [1.82, 2.24) is 9.78 Å². The Morgan fingerprint density at radius 3 is 2.68 bits per heavy atom. The molecule has 114 valence electrons. The van der Waals surface area contributed by atoms with Crippen LogP contribution < -0.4 is 5.32 Å². The minimum absolute atomic E-state index is 0.0730. The number of para-hydroxylation sites is 1. The van der Waals surface area contributed by atoms with Crippen molar-refractivity contribution in [3.05, 3.63) is 53.9 Å². The largest absolute Gasteiger partial charge is 0.323 e. The number of aromatic nitrogens is 2. The van der Waals surface area contributed by atoms with Crippen LogP contribution in [-0.2, 0) is 4.79 Å². The highest BCUT2D eigenvalue weighted by Crippen LogP contribution is 2.25. The second kappa shape index (κ2) is 6.18. The molecule has 0 radical (unpaired) electrons. The summed E-state index contributed by atoms with van der Waals surface area (Å²) in [6, 6.07) is 9.97. The van der Waals surface area contributed by atoms with Crippen LogP contribution in [0.1, 0.15) is 30.7 Å². The predicted molar refractivity (Wildman–Crippen MR) is 88.1 cm³/mol. The van der Waals surface area contributed by atoms with Gasteiger partial charge in [0.1, 0.15) is 0 Å². The minimum atomic E-state index is 0.0730. The van der Waals surface area contributed by atoms with Gasteiger partial charge in [0.25, 0.3) is 0 Å². The summed E-state index contributed by atoms with van der Waals surface area (Å²) in [5.41, 5.74) is 3.65. The van der Waals surface area contributed by atoms with Crippen molar-refractivity contribution in [3.63, 3.8) is 0 Å². The van der Waals surface area contributed by atoms with Crippen molar-refractivity contribution in [1.29, 1.82) is 0 Å². The van der Waals surface area contributed by atoms with Gasteiger partial charge in [-0.25, -0.2) is 4.68 Å². The van der Waals surface area contributed by atoms with Crippen LogP contribution in [-0.4, -0.2) is 15.7 Å². The molecule has 0 aliphatic heterocycles. The number of amides is 1. The summed E-state index contributed by atoms with van der Waals surface area (Å²) >= 11 is 0. The Morgan fingerprint density at radius 2 is 2.00 bits per heavy atom. The van der Waals surface area contributed by atoms with Gasteiger partial charge in [-0.3, -0.25) is 4.79 Å². The van der Waals surface area contributed by atoms with E-state index in [1.807, 2.05) is 48.9 Å². The van der Waals surface area contributed by atoms with Gasteiger partial charge in [-0.15, -0.1) is 0 Å². The molecule has 1 N–H and O–H groups in total. The highest BCUT2D eigenvalue weighted by Gasteiger charge is 2.22. The summed E-state index contributed by atoms with van der Waals surface area (Å²) in [6.07, 6.45) is 6.98. The number of aryl methyl sites for hydroxylation is 1. The van der Waals surface area contributed by atoms with Crippen LogP contribution >= 0.6 is 0 Å². The molecule has 1 atom stereocenters. The molecule has 1 aliphatic rings. The Bertz CT molecular complexity index is 701. The molecule has 4 heteroatoms. The zero-order valence-corrected chi connectivity index (χ0v) is 13.0. The third-order valence-corrected chi connectivity index (χ3v) is 4.18. The number of anilines is 1. The molecule has 1 amide bonds. The zero-order valence-electron chi connectivity index (χ0n) is 13.0. The Balaban J connectivity index is 1.84. The number of allylic oxidation sites excluding steroid dienone is 2. The second-order valence-electron chi connectivity index (χ2n) is 5.76. The molecule has 0 saturated heterocycles. The lowest BCUT2D eigenvalue weighted by Crippen LogP contribution is -2.24. The van der Waals surface area contributed by atoms with Gasteiger partial charge < -0.3 is 5.32 Å². The van der Waals surface area contributed by atoms with E-state index in [1.165, 1.54) is 0 Å². The molecule has 0 spiro atoms. The van der Waals surface area contributed by atoms with Crippen molar-refractivity contribution in [2.75, 3.05) is 5.32 Å². The van der Waals surface area contributed by atoms with E-state index in [0.717, 1.165) is 42.0 Å². The summed E-state index contributed by atoms with van der Waals surface area (Å²) in [5, 5.41) is 7.65. The quantitative estimate of drug-likeness (QED) is 0.876. The van der Waals surface area contributed by atoms with E-state index in [9.17, 15) is 4.79 Å². The highest BCUT2D eigenvalue weighted by atomic mass is 16.1. The first-order valence-electron chi connectivity index (χ1n) is 7.74. The van der Waals surface area contributed by atoms with Gasteiger partial charge in [0.15, 0.2) is 0 Å². The number of benzene rings is 1. The molecule has 0 bridgehead atoms. The number of rotatable bonds is 3. The van der Waals surface area contributed by atoms with Crippen LogP contribution in [0.4, 0.5) is 5.69 Å². The van der Waals surface area contributed by atoms with Gasteiger partial charge in [0, 0.05) is 5.92 Å². The average Bonchev–Trinajstić information content (AvgIpc) is 2.84. The van der Waals surface area contributed by atoms with Crippen LogP contribution in [0.5, 0.6) is 0 Å². The van der Waals surface area contributed by atoms with Crippen molar-refractivity contribution < 1.29 is 4.79 Å². The lowest BCUT2D eigenvalue weighted by molar-refractivity contribution is -0.120. The smallest absolute Gasteiger partial charge is 0.227 e. The van der Waals surface area contributed by atoms with Gasteiger partial charge >= 0.3 is 0 Å². The molecule has 4 nitrogen and oxygen atoms in total. The molecule has 1 heterocycles. The van der Waals surface area contributed by atoms with Gasteiger partial charge in [-0.2, -0.15) is 5.10 Å². The van der Waals surface area contributed by atoms with Crippen molar-refractivity contribution in [3.8, 4) is 5.69 Å². The van der Waals surface area contributed by atoms with E-state index in [0.29, 0.717) is 0 Å². The topological polar surface area (TPSA) is 46.9 Å². The third kappa shape index (κ3) is 2.82. The van der Waals surface area contributed by atoms with Crippen LogP contribution in [0.25, 0.3) is 5.69 Å². The van der Waals surface area contributed by atoms with Crippen molar-refractivity contribution in [2.24, 2.45) is 5.92 Å². The molecule has 0 fully saturated rings. The molecular weight excluding hydrogens is 274 g/mol. The van der Waals surface area contributed by atoms with Crippen LogP contribution in [0.15, 0.2) is 42.5 Å². The number of hydrogen-bond acceptors (Lipinski definition) is 2. The highest BCUT2D eigenvalue weighted by molar-refractivity contribution is 5.93. The standard InChI is InChI=1S/C18H21N3O/c1-13-17(19-18(22)15-9-5-3-6-10-15)14(2)21(20-13)16-11-7-4-8-12-16/h3-5,7-8,11-12,15H,6,9-10H2,1-2H3,(H,19,22)/t15-/m0/s1. The average molecular weight is 295 g/mol. The van der Waals surface area contributed by atoms with Crippen molar-refractivity contribution >= 4 is 11.6 Å². The SMILES string of the molecule is Cc1nn(-c2ccccc2)c(C)c1NC(=O)[C@H]1CC=CCC1. The third-order valence-electron chi connectivity index (χ3n) is 4.18. The van der Waals surface area contributed by atoms with Gasteiger partial charge in [0.05, 0.1) is 22.8 Å². The zero-order chi connectivity index (χ0) is 15.5. The predicted octanol–water partition coefficient (Wildman–Crippen LogP) is 3.78. The van der Waals surface area contributed by atoms with Crippen molar-refractivity contribution in [2.45, 2.75) is 33.1 Å². The fraction of sp³-hybridized carbons (Fsp3) is 0.333. The maximum Gasteiger partial charge on any atom is 0.227 e. The van der Waals surface area contributed by atoms with E-state index in [-0.39, 0.29) is 11.8 Å². The first-order valence-corrected chi connectivity index (χ1v) is 7.74. The van der Waals surface area contributed by atoms with E-state index >= 15 is 0 Å². The van der Waals surface area contributed by atoms with E-state index in [4.69, 9.17) is 0 Å². The Kier molecular flexibility index (Phi) is 4.09. The molecular formula is C18H21N3O. The Morgan fingerprint density at radius 1 is 1.23 bits per heavy atom. The van der Waals surface area contributed by atoms with Gasteiger partial charge in [-0.05, 0) is 45.2 Å². The summed E-state index contributed by atoms with van der Waals surface area (Å²) in [7, 11) is 0. The first-order chi connectivity index (χ1) is 10.7. The fourth-order valence-electron chi connectivity index (χ4n) is 2.90. The molecule has 1 aromatic heterocycles. The maximum atomic E-state index is 12.4. The van der Waals surface area contributed by atoms with E-state index in [1.54, 1.807) is 0 Å². The van der Waals surface area contributed by atoms with Crippen LogP contribution in [0, 0.1) is 19.8 Å². The number of nitrogens with zero attached hydrogens (tertiary/aromatic N) is 2. The number of hydrogen-bond donors (Lipinski definition) is 1. The lowest BCUT2D eigenvalue weighted by Gasteiger charge is -2.17. The molecule has 22 heavy (non-hydrogen) atoms. The first kappa shape index (κ1) is 14.6. The van der Waals surface area contributed by atoms with Gasteiger partial charge in [0.2, 0.25) is 5.91 Å². The number of carbonyl (C=O) groups is 1.